The third-order valence-corrected chi connectivity index (χ3v) is 5.56. The van der Waals surface area contributed by atoms with E-state index in [0.717, 1.165) is 16.4 Å². The standard InChI is InChI=1S/C24H23N5O3S/c1-17-3-9-21(10-4-17)32-15-24-28-19(16-33-24)13-22(30)25-14-23(31)27-18-5-7-20(8-6-18)29-12-2-11-26-29/h2-12,16H,13-15H2,1H3,(H,25,30)(H,27,31). The molecule has 0 aliphatic carbocycles. The highest BCUT2D eigenvalue weighted by atomic mass is 32.1. The molecule has 0 fully saturated rings. The highest BCUT2D eigenvalue weighted by Gasteiger charge is 2.10. The molecule has 0 saturated heterocycles. The van der Waals surface area contributed by atoms with Crippen molar-refractivity contribution in [3.63, 3.8) is 0 Å². The molecule has 0 atom stereocenters. The lowest BCUT2D eigenvalue weighted by Gasteiger charge is -2.08. The zero-order valence-electron chi connectivity index (χ0n) is 18.0. The van der Waals surface area contributed by atoms with Crippen LogP contribution in [0.15, 0.2) is 72.4 Å². The lowest BCUT2D eigenvalue weighted by atomic mass is 10.2. The first kappa shape index (κ1) is 22.2. The smallest absolute Gasteiger partial charge is 0.243 e. The van der Waals surface area contributed by atoms with E-state index in [1.807, 2.05) is 61.0 Å². The van der Waals surface area contributed by atoms with Crippen molar-refractivity contribution in [2.45, 2.75) is 20.0 Å². The maximum absolute atomic E-state index is 12.2. The molecule has 0 bridgehead atoms. The summed E-state index contributed by atoms with van der Waals surface area (Å²) in [5.74, 6) is 0.202. The van der Waals surface area contributed by atoms with Gasteiger partial charge in [-0.15, -0.1) is 11.3 Å². The van der Waals surface area contributed by atoms with Crippen molar-refractivity contribution >= 4 is 28.8 Å². The summed E-state index contributed by atoms with van der Waals surface area (Å²) in [6, 6.07) is 16.9. The molecular weight excluding hydrogens is 438 g/mol. The Morgan fingerprint density at radius 1 is 1.06 bits per heavy atom. The molecule has 0 unspecified atom stereocenters. The molecule has 2 aromatic carbocycles. The first-order valence-electron chi connectivity index (χ1n) is 10.3. The molecule has 0 radical (unpaired) electrons. The number of carbonyl (C=O) groups is 2. The first-order chi connectivity index (χ1) is 16.0. The van der Waals surface area contributed by atoms with Gasteiger partial charge in [-0.05, 0) is 49.4 Å². The predicted molar refractivity (Wildman–Crippen MR) is 127 cm³/mol. The minimum atomic E-state index is -0.305. The minimum Gasteiger partial charge on any atom is -0.486 e. The third kappa shape index (κ3) is 6.50. The minimum absolute atomic E-state index is 0.104. The normalized spacial score (nSPS) is 10.6. The van der Waals surface area contributed by atoms with Gasteiger partial charge < -0.3 is 15.4 Å². The number of aromatic nitrogens is 3. The number of carbonyl (C=O) groups excluding carboxylic acids is 2. The number of nitrogens with one attached hydrogen (secondary N) is 2. The highest BCUT2D eigenvalue weighted by molar-refractivity contribution is 7.09. The summed E-state index contributed by atoms with van der Waals surface area (Å²) in [6.45, 7) is 2.25. The molecule has 168 valence electrons. The van der Waals surface area contributed by atoms with E-state index in [2.05, 4.69) is 20.7 Å². The molecule has 4 rings (SSSR count). The molecule has 0 aliphatic heterocycles. The van der Waals surface area contributed by atoms with Gasteiger partial charge in [0.1, 0.15) is 17.4 Å². The van der Waals surface area contributed by atoms with Crippen LogP contribution in [0.1, 0.15) is 16.3 Å². The van der Waals surface area contributed by atoms with Crippen LogP contribution in [0.25, 0.3) is 5.69 Å². The number of rotatable bonds is 9. The third-order valence-electron chi connectivity index (χ3n) is 4.69. The number of hydrogen-bond acceptors (Lipinski definition) is 6. The monoisotopic (exact) mass is 461 g/mol. The van der Waals surface area contributed by atoms with Crippen molar-refractivity contribution in [1.82, 2.24) is 20.1 Å². The van der Waals surface area contributed by atoms with E-state index in [9.17, 15) is 9.59 Å². The van der Waals surface area contributed by atoms with E-state index >= 15 is 0 Å². The average molecular weight is 462 g/mol. The van der Waals surface area contributed by atoms with Crippen LogP contribution < -0.4 is 15.4 Å². The van der Waals surface area contributed by atoms with E-state index in [1.165, 1.54) is 16.9 Å². The van der Waals surface area contributed by atoms with Gasteiger partial charge in [-0.1, -0.05) is 17.7 Å². The number of ether oxygens (including phenoxy) is 1. The summed E-state index contributed by atoms with van der Waals surface area (Å²) >= 11 is 1.44. The highest BCUT2D eigenvalue weighted by Crippen LogP contribution is 2.16. The Balaban J connectivity index is 1.19. The van der Waals surface area contributed by atoms with Gasteiger partial charge in [0.2, 0.25) is 11.8 Å². The number of benzene rings is 2. The molecule has 4 aromatic rings. The SMILES string of the molecule is Cc1ccc(OCc2nc(CC(=O)NCC(=O)Nc3ccc(-n4cccn4)cc3)cs2)cc1. The van der Waals surface area contributed by atoms with E-state index in [4.69, 9.17) is 4.74 Å². The maximum Gasteiger partial charge on any atom is 0.243 e. The Hall–Kier alpha value is -3.98. The van der Waals surface area contributed by atoms with Crippen LogP contribution in [0.3, 0.4) is 0 Å². The van der Waals surface area contributed by atoms with E-state index in [-0.39, 0.29) is 24.8 Å². The van der Waals surface area contributed by atoms with Gasteiger partial charge in [-0.2, -0.15) is 5.10 Å². The number of amides is 2. The van der Waals surface area contributed by atoms with E-state index < -0.39 is 0 Å². The maximum atomic E-state index is 12.2. The predicted octanol–water partition coefficient (Wildman–Crippen LogP) is 3.51. The Kier molecular flexibility index (Phi) is 7.11. The van der Waals surface area contributed by atoms with Gasteiger partial charge in [-0.3, -0.25) is 9.59 Å². The summed E-state index contributed by atoms with van der Waals surface area (Å²) in [7, 11) is 0. The van der Waals surface area contributed by atoms with Crippen molar-refractivity contribution < 1.29 is 14.3 Å². The number of thiazole rings is 1. The van der Waals surface area contributed by atoms with Crippen molar-refractivity contribution in [2.24, 2.45) is 0 Å². The Labute approximate surface area is 195 Å². The molecule has 0 aliphatic rings. The zero-order valence-corrected chi connectivity index (χ0v) is 18.8. The Bertz CT molecular complexity index is 1200. The molecule has 9 heteroatoms. The first-order valence-corrected chi connectivity index (χ1v) is 11.2. The number of aryl methyl sites for hydroxylation is 1. The molecule has 2 amide bonds. The lowest BCUT2D eigenvalue weighted by molar-refractivity contribution is -0.123. The molecule has 2 heterocycles. The molecule has 2 aromatic heterocycles. The van der Waals surface area contributed by atoms with Gasteiger partial charge >= 0.3 is 0 Å². The second kappa shape index (κ2) is 10.6. The van der Waals surface area contributed by atoms with Gasteiger partial charge in [0.05, 0.1) is 24.3 Å². The van der Waals surface area contributed by atoms with Crippen molar-refractivity contribution in [3.8, 4) is 11.4 Å². The second-order valence-electron chi connectivity index (χ2n) is 7.33. The van der Waals surface area contributed by atoms with Gasteiger partial charge in [-0.25, -0.2) is 9.67 Å². The van der Waals surface area contributed by atoms with Crippen molar-refractivity contribution in [1.29, 1.82) is 0 Å². The quantitative estimate of drug-likeness (QED) is 0.398. The van der Waals surface area contributed by atoms with Crippen LogP contribution >= 0.6 is 11.3 Å². The zero-order chi connectivity index (χ0) is 23.0. The largest absolute Gasteiger partial charge is 0.486 e. The molecule has 33 heavy (non-hydrogen) atoms. The fraction of sp³-hybridized carbons (Fsp3) is 0.167. The lowest BCUT2D eigenvalue weighted by Crippen LogP contribution is -2.33. The fourth-order valence-electron chi connectivity index (χ4n) is 3.01. The van der Waals surface area contributed by atoms with Crippen molar-refractivity contribution in [3.05, 3.63) is 88.6 Å². The van der Waals surface area contributed by atoms with Crippen LogP contribution in [0.2, 0.25) is 0 Å². The topological polar surface area (TPSA) is 98.1 Å². The van der Waals surface area contributed by atoms with Gasteiger partial charge in [0, 0.05) is 23.5 Å². The van der Waals surface area contributed by atoms with Crippen LogP contribution in [0.4, 0.5) is 5.69 Å². The molecular formula is C24H23N5O3S. The molecule has 0 spiro atoms. The van der Waals surface area contributed by atoms with Gasteiger partial charge in [0.25, 0.3) is 0 Å². The molecule has 2 N–H and O–H groups in total. The van der Waals surface area contributed by atoms with Crippen LogP contribution in [0, 0.1) is 6.92 Å². The summed E-state index contributed by atoms with van der Waals surface area (Å²) in [5, 5.41) is 12.2. The van der Waals surface area contributed by atoms with Gasteiger partial charge in [0.15, 0.2) is 0 Å². The number of hydrogen-bond donors (Lipinski definition) is 2. The average Bonchev–Trinajstić information content (AvgIpc) is 3.50. The summed E-state index contributed by atoms with van der Waals surface area (Å²) in [5.41, 5.74) is 3.34. The fourth-order valence-corrected chi connectivity index (χ4v) is 3.71. The van der Waals surface area contributed by atoms with Crippen LogP contribution in [-0.4, -0.2) is 33.1 Å². The molecule has 8 nitrogen and oxygen atoms in total. The summed E-state index contributed by atoms with van der Waals surface area (Å²) in [4.78, 5) is 28.8. The van der Waals surface area contributed by atoms with E-state index in [1.54, 1.807) is 23.0 Å². The second-order valence-corrected chi connectivity index (χ2v) is 8.28. The van der Waals surface area contributed by atoms with Crippen LogP contribution in [0.5, 0.6) is 5.75 Å². The Morgan fingerprint density at radius 3 is 2.58 bits per heavy atom. The van der Waals surface area contributed by atoms with Crippen molar-refractivity contribution in [2.75, 3.05) is 11.9 Å². The van der Waals surface area contributed by atoms with Crippen LogP contribution in [-0.2, 0) is 22.6 Å². The summed E-state index contributed by atoms with van der Waals surface area (Å²) in [6.07, 6.45) is 3.64. The number of nitrogens with zero attached hydrogens (tertiary/aromatic N) is 3. The van der Waals surface area contributed by atoms with E-state index in [0.29, 0.717) is 18.0 Å². The Morgan fingerprint density at radius 2 is 1.85 bits per heavy atom. The molecule has 0 saturated carbocycles. The number of anilines is 1. The summed E-state index contributed by atoms with van der Waals surface area (Å²) < 4.78 is 7.45.